The van der Waals surface area contributed by atoms with Gasteiger partial charge in [0.2, 0.25) is 0 Å². The number of hydrogen-bond donors (Lipinski definition) is 1. The fourth-order valence-corrected chi connectivity index (χ4v) is 3.22. The van der Waals surface area contributed by atoms with Crippen LogP contribution in [-0.4, -0.2) is 7.05 Å². The molecule has 106 valence electrons. The topological polar surface area (TPSA) is 12.0 Å². The van der Waals surface area contributed by atoms with E-state index in [1.165, 1.54) is 16.7 Å². The van der Waals surface area contributed by atoms with E-state index in [0.29, 0.717) is 0 Å². The number of halogens is 2. The summed E-state index contributed by atoms with van der Waals surface area (Å²) in [7, 11) is 1.98. The highest BCUT2D eigenvalue weighted by atomic mass is 79.9. The van der Waals surface area contributed by atoms with Gasteiger partial charge in [-0.3, -0.25) is 0 Å². The molecule has 0 radical (unpaired) electrons. The van der Waals surface area contributed by atoms with Crippen LogP contribution in [0.15, 0.2) is 40.9 Å². The molecule has 1 N–H and O–H groups in total. The highest BCUT2D eigenvalue weighted by Gasteiger charge is 2.15. The van der Waals surface area contributed by atoms with Crippen molar-refractivity contribution in [2.24, 2.45) is 0 Å². The minimum Gasteiger partial charge on any atom is -0.313 e. The summed E-state index contributed by atoms with van der Waals surface area (Å²) in [6.07, 6.45) is 0.926. The lowest BCUT2D eigenvalue weighted by Crippen LogP contribution is -2.19. The van der Waals surface area contributed by atoms with E-state index in [0.717, 1.165) is 21.5 Å². The highest BCUT2D eigenvalue weighted by Crippen LogP contribution is 2.31. The molecule has 1 atom stereocenters. The molecule has 0 aliphatic carbocycles. The van der Waals surface area contributed by atoms with Crippen LogP contribution in [0.1, 0.15) is 28.3 Å². The third-order valence-corrected chi connectivity index (χ3v) is 4.74. The molecule has 2 aromatic carbocycles. The Morgan fingerprint density at radius 1 is 1.15 bits per heavy atom. The fraction of sp³-hybridized carbons (Fsp3) is 0.294. The van der Waals surface area contributed by atoms with Gasteiger partial charge in [0.1, 0.15) is 0 Å². The standard InChI is InChI=1S/C17H19BrClN/c1-11-7-12(2)9-13(8-11)10-16(20-3)14-5-4-6-15(18)17(14)19/h4-9,16,20H,10H2,1-3H3. The molecule has 3 heteroatoms. The number of aryl methyl sites for hydroxylation is 2. The lowest BCUT2D eigenvalue weighted by atomic mass is 9.96. The highest BCUT2D eigenvalue weighted by molar-refractivity contribution is 9.10. The van der Waals surface area contributed by atoms with Crippen molar-refractivity contribution in [2.45, 2.75) is 26.3 Å². The molecule has 0 bridgehead atoms. The molecule has 1 nitrogen and oxygen atoms in total. The van der Waals surface area contributed by atoms with E-state index in [1.54, 1.807) is 0 Å². The second-order valence-corrected chi connectivity index (χ2v) is 6.42. The second-order valence-electron chi connectivity index (χ2n) is 5.18. The van der Waals surface area contributed by atoms with E-state index in [2.05, 4.69) is 59.4 Å². The van der Waals surface area contributed by atoms with Gasteiger partial charge in [0.25, 0.3) is 0 Å². The Kier molecular flexibility index (Phi) is 5.25. The molecule has 0 saturated heterocycles. The summed E-state index contributed by atoms with van der Waals surface area (Å²) in [5.41, 5.74) is 5.06. The van der Waals surface area contributed by atoms with E-state index in [4.69, 9.17) is 11.6 Å². The van der Waals surface area contributed by atoms with Gasteiger partial charge in [0, 0.05) is 10.5 Å². The van der Waals surface area contributed by atoms with Gasteiger partial charge < -0.3 is 5.32 Å². The molecule has 0 heterocycles. The fourth-order valence-electron chi connectivity index (χ4n) is 2.58. The first kappa shape index (κ1) is 15.6. The number of benzene rings is 2. The summed E-state index contributed by atoms with van der Waals surface area (Å²) in [6.45, 7) is 4.27. The zero-order valence-corrected chi connectivity index (χ0v) is 14.3. The minimum atomic E-state index is 0.209. The maximum absolute atomic E-state index is 6.41. The van der Waals surface area contributed by atoms with Crippen LogP contribution in [0.3, 0.4) is 0 Å². The van der Waals surface area contributed by atoms with Crippen molar-refractivity contribution >= 4 is 27.5 Å². The van der Waals surface area contributed by atoms with Gasteiger partial charge in [-0.25, -0.2) is 0 Å². The van der Waals surface area contributed by atoms with Crippen LogP contribution in [0.2, 0.25) is 5.02 Å². The Labute approximate surface area is 134 Å². The molecule has 0 aliphatic rings. The largest absolute Gasteiger partial charge is 0.313 e. The monoisotopic (exact) mass is 351 g/mol. The smallest absolute Gasteiger partial charge is 0.0595 e. The first-order chi connectivity index (χ1) is 9.51. The average molecular weight is 353 g/mol. The van der Waals surface area contributed by atoms with Gasteiger partial charge in [0.05, 0.1) is 5.02 Å². The van der Waals surface area contributed by atoms with Gasteiger partial charge in [0.15, 0.2) is 0 Å². The van der Waals surface area contributed by atoms with Crippen molar-refractivity contribution in [3.8, 4) is 0 Å². The zero-order valence-electron chi connectivity index (χ0n) is 12.0. The van der Waals surface area contributed by atoms with Crippen LogP contribution in [-0.2, 0) is 6.42 Å². The van der Waals surface area contributed by atoms with Crippen LogP contribution in [0.5, 0.6) is 0 Å². The normalized spacial score (nSPS) is 12.4. The van der Waals surface area contributed by atoms with E-state index in [-0.39, 0.29) is 6.04 Å². The molecule has 0 aromatic heterocycles. The first-order valence-electron chi connectivity index (χ1n) is 6.69. The summed E-state index contributed by atoms with van der Waals surface area (Å²) in [5, 5.41) is 4.16. The molecule has 2 aromatic rings. The summed E-state index contributed by atoms with van der Waals surface area (Å²) in [5.74, 6) is 0. The summed E-state index contributed by atoms with van der Waals surface area (Å²) in [4.78, 5) is 0. The van der Waals surface area contributed by atoms with Crippen molar-refractivity contribution in [3.05, 3.63) is 68.1 Å². The molecular weight excluding hydrogens is 334 g/mol. The maximum Gasteiger partial charge on any atom is 0.0595 e. The Hall–Kier alpha value is -0.830. The van der Waals surface area contributed by atoms with Gasteiger partial charge in [-0.2, -0.15) is 0 Å². The Morgan fingerprint density at radius 2 is 1.80 bits per heavy atom. The Balaban J connectivity index is 2.31. The molecule has 0 amide bonds. The van der Waals surface area contributed by atoms with Gasteiger partial charge in [-0.05, 0) is 60.4 Å². The van der Waals surface area contributed by atoms with Crippen molar-refractivity contribution in [2.75, 3.05) is 7.05 Å². The Bertz CT molecular complexity index is 590. The summed E-state index contributed by atoms with van der Waals surface area (Å²) >= 11 is 9.90. The molecule has 2 rings (SSSR count). The summed E-state index contributed by atoms with van der Waals surface area (Å²) in [6, 6.07) is 13.0. The molecule has 1 unspecified atom stereocenters. The van der Waals surface area contributed by atoms with E-state index in [1.807, 2.05) is 19.2 Å². The first-order valence-corrected chi connectivity index (χ1v) is 7.86. The van der Waals surface area contributed by atoms with E-state index >= 15 is 0 Å². The van der Waals surface area contributed by atoms with Gasteiger partial charge >= 0.3 is 0 Å². The third kappa shape index (κ3) is 3.63. The van der Waals surface area contributed by atoms with Crippen molar-refractivity contribution in [1.29, 1.82) is 0 Å². The molecule has 0 spiro atoms. The number of rotatable bonds is 4. The van der Waals surface area contributed by atoms with E-state index < -0.39 is 0 Å². The predicted octanol–water partition coefficient (Wildman–Crippen LogP) is 5.22. The van der Waals surface area contributed by atoms with Gasteiger partial charge in [-0.1, -0.05) is 53.1 Å². The summed E-state index contributed by atoms with van der Waals surface area (Å²) < 4.78 is 0.942. The van der Waals surface area contributed by atoms with Gasteiger partial charge in [-0.15, -0.1) is 0 Å². The van der Waals surface area contributed by atoms with Crippen LogP contribution in [0.25, 0.3) is 0 Å². The minimum absolute atomic E-state index is 0.209. The van der Waals surface area contributed by atoms with Crippen LogP contribution < -0.4 is 5.32 Å². The number of likely N-dealkylation sites (N-methyl/N-ethyl adjacent to an activating group) is 1. The number of hydrogen-bond acceptors (Lipinski definition) is 1. The van der Waals surface area contributed by atoms with Crippen LogP contribution >= 0.6 is 27.5 Å². The number of nitrogens with one attached hydrogen (secondary N) is 1. The lowest BCUT2D eigenvalue weighted by Gasteiger charge is -2.19. The predicted molar refractivity (Wildman–Crippen MR) is 90.6 cm³/mol. The van der Waals surface area contributed by atoms with Crippen LogP contribution in [0.4, 0.5) is 0 Å². The molecule has 0 aliphatic heterocycles. The van der Waals surface area contributed by atoms with Crippen molar-refractivity contribution in [3.63, 3.8) is 0 Å². The molecule has 20 heavy (non-hydrogen) atoms. The third-order valence-electron chi connectivity index (χ3n) is 3.43. The molecular formula is C17H19BrClN. The van der Waals surface area contributed by atoms with Crippen molar-refractivity contribution in [1.82, 2.24) is 5.32 Å². The molecule has 0 fully saturated rings. The SMILES string of the molecule is CNC(Cc1cc(C)cc(C)c1)c1cccc(Br)c1Cl. The maximum atomic E-state index is 6.41. The Morgan fingerprint density at radius 3 is 2.40 bits per heavy atom. The van der Waals surface area contributed by atoms with Crippen molar-refractivity contribution < 1.29 is 0 Å². The van der Waals surface area contributed by atoms with E-state index in [9.17, 15) is 0 Å². The zero-order chi connectivity index (χ0) is 14.7. The molecule has 0 saturated carbocycles. The average Bonchev–Trinajstić information content (AvgIpc) is 2.38. The van der Waals surface area contributed by atoms with Crippen LogP contribution in [0, 0.1) is 13.8 Å². The quantitative estimate of drug-likeness (QED) is 0.795. The second kappa shape index (κ2) is 6.75. The lowest BCUT2D eigenvalue weighted by molar-refractivity contribution is 0.591.